The van der Waals surface area contributed by atoms with Crippen molar-refractivity contribution in [1.82, 2.24) is 9.96 Å². The number of hydrogen-bond donors (Lipinski definition) is 0. The van der Waals surface area contributed by atoms with Crippen LogP contribution in [0.4, 0.5) is 4.79 Å². The zero-order chi connectivity index (χ0) is 41.9. The molecule has 1 aromatic rings. The number of benzene rings is 1. The van der Waals surface area contributed by atoms with Crippen LogP contribution in [0.2, 0.25) is 0 Å². The van der Waals surface area contributed by atoms with Gasteiger partial charge in [0.05, 0.1) is 176 Å². The fourth-order valence-corrected chi connectivity index (χ4v) is 4.83. The van der Waals surface area contributed by atoms with Crippen LogP contribution in [-0.4, -0.2) is 199 Å². The summed E-state index contributed by atoms with van der Waals surface area (Å²) in [5.41, 5.74) is 0.292. The standard InChI is InChI=1S/C40H68N2O16/c1-5-10-42(39(45)58-40(2,3)4)57-34-33-56-32-31-55-30-29-54-28-27-53-26-25-52-24-23-51-22-21-50-20-19-49-18-17-48-16-15-47-14-13-46-12-11-41-37(43)35-8-6-7-9-36(35)38(41)44/h6-9H,5,10-34H2,1-4H3. The Morgan fingerprint density at radius 2 is 0.793 bits per heavy atom. The molecule has 0 saturated carbocycles. The number of fused-ring (bicyclic) bond motifs is 1. The predicted molar refractivity (Wildman–Crippen MR) is 210 cm³/mol. The van der Waals surface area contributed by atoms with Crippen LogP contribution in [-0.2, 0) is 61.7 Å². The molecule has 0 unspecified atom stereocenters. The lowest BCUT2D eigenvalue weighted by Crippen LogP contribution is -2.38. The normalized spacial score (nSPS) is 12.8. The number of rotatable bonds is 39. The van der Waals surface area contributed by atoms with E-state index in [4.69, 9.17) is 61.7 Å². The highest BCUT2D eigenvalue weighted by atomic mass is 16.7. The largest absolute Gasteiger partial charge is 0.442 e. The first-order valence-corrected chi connectivity index (χ1v) is 20.2. The lowest BCUT2D eigenvalue weighted by Gasteiger charge is -2.26. The van der Waals surface area contributed by atoms with Gasteiger partial charge >= 0.3 is 6.09 Å². The van der Waals surface area contributed by atoms with Gasteiger partial charge in [-0.2, -0.15) is 5.06 Å². The molecule has 1 heterocycles. The maximum atomic E-state index is 12.3. The lowest BCUT2D eigenvalue weighted by atomic mass is 10.1. The Labute approximate surface area is 343 Å². The molecule has 0 N–H and O–H groups in total. The molecule has 0 spiro atoms. The van der Waals surface area contributed by atoms with Gasteiger partial charge in [0.1, 0.15) is 5.60 Å². The summed E-state index contributed by atoms with van der Waals surface area (Å²) in [5.74, 6) is -0.565. The molecular weight excluding hydrogens is 764 g/mol. The van der Waals surface area contributed by atoms with Crippen molar-refractivity contribution in [2.24, 2.45) is 0 Å². The van der Waals surface area contributed by atoms with Crippen LogP contribution < -0.4 is 0 Å². The molecule has 0 atom stereocenters. The topological polar surface area (TPSA) is 178 Å². The number of nitrogens with zero attached hydrogens (tertiary/aromatic N) is 2. The van der Waals surface area contributed by atoms with Crippen molar-refractivity contribution in [2.45, 2.75) is 39.7 Å². The van der Waals surface area contributed by atoms with Crippen molar-refractivity contribution in [1.29, 1.82) is 0 Å². The first-order chi connectivity index (χ1) is 28.2. The molecule has 334 valence electrons. The van der Waals surface area contributed by atoms with Crippen molar-refractivity contribution in [3.05, 3.63) is 35.4 Å². The van der Waals surface area contributed by atoms with E-state index < -0.39 is 11.7 Å². The molecule has 0 saturated heterocycles. The van der Waals surface area contributed by atoms with E-state index in [1.54, 1.807) is 24.3 Å². The molecule has 0 fully saturated rings. The summed E-state index contributed by atoms with van der Waals surface area (Å²) in [6.45, 7) is 17.8. The van der Waals surface area contributed by atoms with Gasteiger partial charge < -0.3 is 56.8 Å². The van der Waals surface area contributed by atoms with Crippen LogP contribution >= 0.6 is 0 Å². The monoisotopic (exact) mass is 832 g/mol. The van der Waals surface area contributed by atoms with Crippen molar-refractivity contribution < 1.29 is 76.1 Å². The summed E-state index contributed by atoms with van der Waals surface area (Å²) >= 11 is 0. The Bertz CT molecular complexity index is 1170. The smallest absolute Gasteiger partial charge is 0.434 e. The second kappa shape index (κ2) is 33.9. The zero-order valence-corrected chi connectivity index (χ0v) is 35.1. The molecule has 0 aromatic heterocycles. The SMILES string of the molecule is CCCN(OCCOCCOCCOCCOCCOCCOCCOCCOCCOCCOCCOCCN1C(=O)c2ccccc2C1=O)C(=O)OC(C)(C)C. The zero-order valence-electron chi connectivity index (χ0n) is 35.1. The van der Waals surface area contributed by atoms with E-state index in [-0.39, 0.29) is 31.6 Å². The van der Waals surface area contributed by atoms with Crippen molar-refractivity contribution >= 4 is 17.9 Å². The summed E-state index contributed by atoms with van der Waals surface area (Å²) in [4.78, 5) is 43.5. The van der Waals surface area contributed by atoms with E-state index in [9.17, 15) is 14.4 Å². The predicted octanol–water partition coefficient (Wildman–Crippen LogP) is 3.04. The summed E-state index contributed by atoms with van der Waals surface area (Å²) in [6.07, 6.45) is 0.249. The third-order valence-electron chi connectivity index (χ3n) is 7.56. The van der Waals surface area contributed by atoms with E-state index >= 15 is 0 Å². The molecule has 2 rings (SSSR count). The molecule has 18 heteroatoms. The fourth-order valence-electron chi connectivity index (χ4n) is 4.83. The molecule has 0 radical (unpaired) electrons. The van der Waals surface area contributed by atoms with Gasteiger partial charge in [-0.3, -0.25) is 19.3 Å². The molecule has 0 bridgehead atoms. The van der Waals surface area contributed by atoms with Gasteiger partial charge in [-0.25, -0.2) is 4.79 Å². The summed E-state index contributed by atoms with van der Waals surface area (Å²) in [5, 5.41) is 1.23. The van der Waals surface area contributed by atoms with Gasteiger partial charge in [-0.15, -0.1) is 0 Å². The first kappa shape index (κ1) is 51.3. The van der Waals surface area contributed by atoms with Crippen molar-refractivity contribution in [3.63, 3.8) is 0 Å². The fraction of sp³-hybridized carbons (Fsp3) is 0.775. The highest BCUT2D eigenvalue weighted by Gasteiger charge is 2.34. The average Bonchev–Trinajstić information content (AvgIpc) is 3.44. The van der Waals surface area contributed by atoms with Crippen LogP contribution in [0.1, 0.15) is 54.8 Å². The second-order valence-electron chi connectivity index (χ2n) is 13.5. The molecule has 1 aliphatic rings. The summed E-state index contributed by atoms with van der Waals surface area (Å²) in [6, 6.07) is 6.81. The van der Waals surface area contributed by atoms with Crippen LogP contribution in [0.3, 0.4) is 0 Å². The lowest BCUT2D eigenvalue weighted by molar-refractivity contribution is -0.157. The van der Waals surface area contributed by atoms with E-state index in [0.717, 1.165) is 6.42 Å². The number of carbonyl (C=O) groups excluding carboxylic acids is 3. The van der Waals surface area contributed by atoms with Gasteiger partial charge in [-0.05, 0) is 39.3 Å². The second-order valence-corrected chi connectivity index (χ2v) is 13.5. The quantitative estimate of drug-likeness (QED) is 0.0537. The maximum absolute atomic E-state index is 12.3. The highest BCUT2D eigenvalue weighted by molar-refractivity contribution is 6.21. The third kappa shape index (κ3) is 25.6. The van der Waals surface area contributed by atoms with E-state index in [1.165, 1.54) is 9.96 Å². The maximum Gasteiger partial charge on any atom is 0.434 e. The van der Waals surface area contributed by atoms with Gasteiger partial charge in [0, 0.05) is 0 Å². The Kier molecular flexibility index (Phi) is 30.0. The average molecular weight is 833 g/mol. The van der Waals surface area contributed by atoms with E-state index in [2.05, 4.69) is 0 Å². The third-order valence-corrected chi connectivity index (χ3v) is 7.56. The Balaban J connectivity index is 1.18. The molecule has 18 nitrogen and oxygen atoms in total. The number of imide groups is 1. The van der Waals surface area contributed by atoms with Crippen LogP contribution in [0.25, 0.3) is 0 Å². The number of amides is 3. The Hall–Kier alpha value is -2.85. The van der Waals surface area contributed by atoms with E-state index in [1.807, 2.05) is 27.7 Å². The summed E-state index contributed by atoms with van der Waals surface area (Å²) < 4.78 is 65.7. The van der Waals surface area contributed by atoms with Crippen LogP contribution in [0, 0.1) is 0 Å². The molecule has 3 amide bonds. The van der Waals surface area contributed by atoms with Gasteiger partial charge in [0.2, 0.25) is 0 Å². The number of carbonyl (C=O) groups is 3. The van der Waals surface area contributed by atoms with Crippen LogP contribution in [0.5, 0.6) is 0 Å². The van der Waals surface area contributed by atoms with Gasteiger partial charge in [-0.1, -0.05) is 19.1 Å². The van der Waals surface area contributed by atoms with Crippen LogP contribution in [0.15, 0.2) is 24.3 Å². The number of hydroxylamine groups is 2. The minimum absolute atomic E-state index is 0.208. The van der Waals surface area contributed by atoms with Gasteiger partial charge in [0.15, 0.2) is 0 Å². The number of hydrogen-bond acceptors (Lipinski definition) is 16. The highest BCUT2D eigenvalue weighted by Crippen LogP contribution is 2.21. The van der Waals surface area contributed by atoms with E-state index in [0.29, 0.717) is 156 Å². The minimum Gasteiger partial charge on any atom is -0.442 e. The molecule has 1 aromatic carbocycles. The Morgan fingerprint density at radius 3 is 1.09 bits per heavy atom. The number of ether oxygens (including phenoxy) is 12. The molecule has 1 aliphatic heterocycles. The minimum atomic E-state index is -0.582. The first-order valence-electron chi connectivity index (χ1n) is 20.2. The Morgan fingerprint density at radius 1 is 0.500 bits per heavy atom. The molecule has 0 aliphatic carbocycles. The van der Waals surface area contributed by atoms with Gasteiger partial charge in [0.25, 0.3) is 11.8 Å². The molecule has 58 heavy (non-hydrogen) atoms. The van der Waals surface area contributed by atoms with Crippen molar-refractivity contribution in [2.75, 3.05) is 165 Å². The van der Waals surface area contributed by atoms with Crippen molar-refractivity contribution in [3.8, 4) is 0 Å². The summed E-state index contributed by atoms with van der Waals surface area (Å²) in [7, 11) is 0. The molecular formula is C40H68N2O16.